The summed E-state index contributed by atoms with van der Waals surface area (Å²) < 4.78 is 2.10. The van der Waals surface area contributed by atoms with Crippen molar-refractivity contribution in [2.45, 2.75) is 38.8 Å². The molecule has 0 saturated carbocycles. The molecule has 0 radical (unpaired) electrons. The van der Waals surface area contributed by atoms with Crippen molar-refractivity contribution in [3.05, 3.63) is 61.2 Å². The van der Waals surface area contributed by atoms with Gasteiger partial charge in [0.2, 0.25) is 0 Å². The van der Waals surface area contributed by atoms with Crippen molar-refractivity contribution < 1.29 is 4.79 Å². The fraction of sp³-hybridized carbons (Fsp3) is 0.407. The molecule has 37 heavy (non-hydrogen) atoms. The summed E-state index contributed by atoms with van der Waals surface area (Å²) in [6.07, 6.45) is 7.30. The standard InChI is InChI=1S/C27H30N6O2S2/c1-3-33-25(17-21(18-29)26(34)31-13-11-28)37-24(27(33)35)9-12-30-22-7-4-6-20(16-22)10-15-32-14-5-8-23(32)19-36-2/h4,6-7,12,16,23,30H,3,5,8,10,13-15,19H2,1-2H3,(H,31,34). The van der Waals surface area contributed by atoms with E-state index >= 15 is 0 Å². The summed E-state index contributed by atoms with van der Waals surface area (Å²) in [4.78, 5) is 27.4. The van der Waals surface area contributed by atoms with Crippen LogP contribution >= 0.6 is 23.1 Å². The second kappa shape index (κ2) is 14.3. The fourth-order valence-electron chi connectivity index (χ4n) is 4.18. The maximum absolute atomic E-state index is 12.8. The van der Waals surface area contributed by atoms with Crippen molar-refractivity contribution in [3.8, 4) is 12.1 Å². The fourth-order valence-corrected chi connectivity index (χ4v) is 5.92. The summed E-state index contributed by atoms with van der Waals surface area (Å²) >= 11 is 3.01. The van der Waals surface area contributed by atoms with Crippen LogP contribution in [0.5, 0.6) is 0 Å². The minimum absolute atomic E-state index is 0.220. The Morgan fingerprint density at radius 3 is 2.92 bits per heavy atom. The molecule has 1 fully saturated rings. The van der Waals surface area contributed by atoms with Gasteiger partial charge in [-0.1, -0.05) is 34.9 Å². The van der Waals surface area contributed by atoms with Crippen LogP contribution in [0.15, 0.2) is 40.8 Å². The van der Waals surface area contributed by atoms with E-state index in [9.17, 15) is 14.9 Å². The van der Waals surface area contributed by atoms with Crippen molar-refractivity contribution in [2.24, 2.45) is 0 Å². The van der Waals surface area contributed by atoms with Crippen LogP contribution in [0.1, 0.15) is 25.3 Å². The third-order valence-electron chi connectivity index (χ3n) is 6.01. The van der Waals surface area contributed by atoms with E-state index in [0.717, 1.165) is 30.0 Å². The van der Waals surface area contributed by atoms with E-state index in [1.165, 1.54) is 35.3 Å². The number of nitriles is 2. The monoisotopic (exact) mass is 534 g/mol. The minimum atomic E-state index is -0.709. The van der Waals surface area contributed by atoms with E-state index in [1.54, 1.807) is 25.3 Å². The molecule has 2 N–H and O–H groups in total. The normalized spacial score (nSPS) is 14.6. The molecule has 1 aromatic heterocycles. The Balaban J connectivity index is 1.80. The van der Waals surface area contributed by atoms with Gasteiger partial charge in [-0.3, -0.25) is 19.1 Å². The maximum atomic E-state index is 12.8. The second-order valence-electron chi connectivity index (χ2n) is 8.41. The number of thiazole rings is 1. The van der Waals surface area contributed by atoms with Crippen molar-refractivity contribution in [1.29, 1.82) is 10.5 Å². The van der Waals surface area contributed by atoms with E-state index in [-0.39, 0.29) is 17.7 Å². The van der Waals surface area contributed by atoms with Crippen molar-refractivity contribution in [2.75, 3.05) is 37.0 Å². The molecule has 192 valence electrons. The average Bonchev–Trinajstić information content (AvgIpc) is 3.48. The van der Waals surface area contributed by atoms with Crippen LogP contribution in [0.2, 0.25) is 0 Å². The summed E-state index contributed by atoms with van der Waals surface area (Å²) in [5.41, 5.74) is 7.30. The zero-order valence-corrected chi connectivity index (χ0v) is 22.7. The number of aromatic nitrogens is 1. The molecule has 1 amide bonds. The van der Waals surface area contributed by atoms with Gasteiger partial charge in [-0.05, 0) is 56.7 Å². The van der Waals surface area contributed by atoms with Gasteiger partial charge in [0.25, 0.3) is 11.5 Å². The molecule has 0 aliphatic carbocycles. The van der Waals surface area contributed by atoms with Crippen molar-refractivity contribution in [3.63, 3.8) is 0 Å². The molecule has 1 aliphatic rings. The van der Waals surface area contributed by atoms with Gasteiger partial charge in [0, 0.05) is 36.8 Å². The first-order valence-electron chi connectivity index (χ1n) is 12.1. The molecule has 3 rings (SSSR count). The van der Waals surface area contributed by atoms with Crippen LogP contribution in [0, 0.1) is 22.7 Å². The highest BCUT2D eigenvalue weighted by atomic mass is 32.2. The number of hydrogen-bond acceptors (Lipinski definition) is 8. The highest BCUT2D eigenvalue weighted by Crippen LogP contribution is 2.21. The van der Waals surface area contributed by atoms with Crippen LogP contribution in [-0.2, 0) is 17.8 Å². The number of nitrogens with one attached hydrogen (secondary N) is 2. The molecule has 1 unspecified atom stereocenters. The molecule has 2 heterocycles. The van der Waals surface area contributed by atoms with Crippen LogP contribution in [-0.4, -0.2) is 53.1 Å². The zero-order chi connectivity index (χ0) is 26.6. The number of amides is 1. The number of carbonyl (C=O) groups is 1. The summed E-state index contributed by atoms with van der Waals surface area (Å²) in [6, 6.07) is 12.5. The van der Waals surface area contributed by atoms with E-state index < -0.39 is 5.91 Å². The van der Waals surface area contributed by atoms with Gasteiger partial charge in [0.1, 0.15) is 21.8 Å². The van der Waals surface area contributed by atoms with Crippen LogP contribution in [0.3, 0.4) is 0 Å². The quantitative estimate of drug-likeness (QED) is 0.271. The van der Waals surface area contributed by atoms with Crippen LogP contribution in [0.25, 0.3) is 11.5 Å². The molecule has 1 atom stereocenters. The number of hydrogen-bond donors (Lipinski definition) is 2. The Bertz CT molecular complexity index is 1450. The van der Waals surface area contributed by atoms with E-state index in [1.807, 2.05) is 23.9 Å². The number of nitrogens with zero attached hydrogens (tertiary/aromatic N) is 4. The third-order valence-corrected chi connectivity index (χ3v) is 7.74. The SMILES string of the molecule is CCn1c(=C=C(C#N)C(=O)NCC#N)sc(=C=CNc2cccc(CCN3CCCC3CSC)c2)c1=O. The minimum Gasteiger partial charge on any atom is -0.355 e. The number of rotatable bonds is 10. The lowest BCUT2D eigenvalue weighted by molar-refractivity contribution is -0.116. The highest BCUT2D eigenvalue weighted by Gasteiger charge is 2.23. The first-order valence-corrected chi connectivity index (χ1v) is 14.3. The van der Waals surface area contributed by atoms with Gasteiger partial charge < -0.3 is 10.6 Å². The summed E-state index contributed by atoms with van der Waals surface area (Å²) in [6.45, 7) is 4.15. The lowest BCUT2D eigenvalue weighted by Crippen LogP contribution is -2.33. The van der Waals surface area contributed by atoms with Crippen LogP contribution < -0.4 is 25.4 Å². The molecule has 8 nitrogen and oxygen atoms in total. The lowest BCUT2D eigenvalue weighted by atomic mass is 10.1. The molecular formula is C27H30N6O2S2. The molecular weight excluding hydrogens is 504 g/mol. The Labute approximate surface area is 224 Å². The third kappa shape index (κ3) is 7.74. The molecule has 2 aromatic rings. The Kier molecular flexibility index (Phi) is 10.9. The Hall–Kier alpha value is -3.49. The van der Waals surface area contributed by atoms with E-state index in [4.69, 9.17) is 5.26 Å². The Morgan fingerprint density at radius 2 is 2.19 bits per heavy atom. The predicted molar refractivity (Wildman–Crippen MR) is 149 cm³/mol. The topological polar surface area (TPSA) is 114 Å². The predicted octanol–water partition coefficient (Wildman–Crippen LogP) is 1.77. The maximum Gasteiger partial charge on any atom is 0.277 e. The molecule has 0 bridgehead atoms. The van der Waals surface area contributed by atoms with Gasteiger partial charge in [-0.25, -0.2) is 0 Å². The van der Waals surface area contributed by atoms with Gasteiger partial charge >= 0.3 is 0 Å². The van der Waals surface area contributed by atoms with Gasteiger partial charge in [-0.15, -0.1) is 0 Å². The highest BCUT2D eigenvalue weighted by molar-refractivity contribution is 7.98. The number of thioether (sulfide) groups is 1. The smallest absolute Gasteiger partial charge is 0.277 e. The molecule has 10 heteroatoms. The largest absolute Gasteiger partial charge is 0.355 e. The van der Waals surface area contributed by atoms with Gasteiger partial charge in [-0.2, -0.15) is 22.3 Å². The molecule has 1 saturated heterocycles. The average molecular weight is 535 g/mol. The van der Waals surface area contributed by atoms with E-state index in [0.29, 0.717) is 21.8 Å². The summed E-state index contributed by atoms with van der Waals surface area (Å²) in [5, 5.41) is 23.4. The number of likely N-dealkylation sites (tertiary alicyclic amines) is 1. The lowest BCUT2D eigenvalue weighted by Gasteiger charge is -2.23. The summed E-state index contributed by atoms with van der Waals surface area (Å²) in [5.74, 6) is 0.478. The molecule has 1 aliphatic heterocycles. The first kappa shape index (κ1) is 28.1. The summed E-state index contributed by atoms with van der Waals surface area (Å²) in [7, 11) is 0. The molecule has 1 aromatic carbocycles. The van der Waals surface area contributed by atoms with Crippen LogP contribution in [0.4, 0.5) is 5.69 Å². The number of carbonyl (C=O) groups excluding carboxylic acids is 1. The number of benzene rings is 1. The zero-order valence-electron chi connectivity index (χ0n) is 21.0. The van der Waals surface area contributed by atoms with Crippen molar-refractivity contribution in [1.82, 2.24) is 14.8 Å². The van der Waals surface area contributed by atoms with Crippen molar-refractivity contribution >= 4 is 46.2 Å². The first-order chi connectivity index (χ1) is 18.0. The Morgan fingerprint density at radius 1 is 1.35 bits per heavy atom. The van der Waals surface area contributed by atoms with E-state index in [2.05, 4.69) is 45.4 Å². The second-order valence-corrected chi connectivity index (χ2v) is 10.3. The van der Waals surface area contributed by atoms with Gasteiger partial charge in [0.05, 0.1) is 6.07 Å². The van der Waals surface area contributed by atoms with Gasteiger partial charge in [0.15, 0.2) is 5.57 Å². The number of anilines is 1. The molecule has 0 spiro atoms.